The van der Waals surface area contributed by atoms with Crippen LogP contribution in [0.25, 0.3) is 0 Å². The molecule has 2 aromatic carbocycles. The molecule has 1 heterocycles. The Morgan fingerprint density at radius 3 is 2.24 bits per heavy atom. The van der Waals surface area contributed by atoms with Crippen LogP contribution in [0.3, 0.4) is 0 Å². The van der Waals surface area contributed by atoms with Crippen LogP contribution in [0.4, 0.5) is 0 Å². The van der Waals surface area contributed by atoms with Crippen LogP contribution in [0.1, 0.15) is 28.2 Å². The number of hydrogen-bond donors (Lipinski definition) is 0. The lowest BCUT2D eigenvalue weighted by atomic mass is 9.52. The van der Waals surface area contributed by atoms with Crippen LogP contribution in [0.15, 0.2) is 61.2 Å². The lowest BCUT2D eigenvalue weighted by molar-refractivity contribution is -0.160. The average Bonchev–Trinajstić information content (AvgIpc) is 3.06. The van der Waals surface area contributed by atoms with E-state index >= 15 is 0 Å². The second kappa shape index (κ2) is 6.39. The summed E-state index contributed by atoms with van der Waals surface area (Å²) in [5.74, 6) is -3.30. The Bertz CT molecular complexity index is 1010. The summed E-state index contributed by atoms with van der Waals surface area (Å²) in [5, 5.41) is 0. The maximum atomic E-state index is 12.8. The Labute approximate surface area is 167 Å². The Balaban J connectivity index is 1.67. The summed E-state index contributed by atoms with van der Waals surface area (Å²) < 4.78 is 16.5. The van der Waals surface area contributed by atoms with Crippen molar-refractivity contribution in [2.24, 2.45) is 11.8 Å². The zero-order chi connectivity index (χ0) is 20.2. The molecule has 2 bridgehead atoms. The van der Waals surface area contributed by atoms with Gasteiger partial charge in [-0.25, -0.2) is 4.79 Å². The highest BCUT2D eigenvalue weighted by atomic mass is 16.6. The van der Waals surface area contributed by atoms with Gasteiger partial charge in [0.05, 0.1) is 12.5 Å². The molecule has 6 rings (SSSR count). The van der Waals surface area contributed by atoms with Crippen molar-refractivity contribution in [3.05, 3.63) is 83.4 Å². The normalized spacial score (nSPS) is 28.2. The topological polar surface area (TPSA) is 78.9 Å². The number of benzene rings is 2. The number of cyclic esters (lactones) is 2. The number of rotatable bonds is 5. The van der Waals surface area contributed by atoms with Gasteiger partial charge in [0.15, 0.2) is 0 Å². The number of carbonyl (C=O) groups is 3. The quantitative estimate of drug-likeness (QED) is 0.338. The van der Waals surface area contributed by atoms with E-state index < -0.39 is 35.3 Å². The molecule has 0 radical (unpaired) electrons. The average molecular weight is 390 g/mol. The van der Waals surface area contributed by atoms with Crippen molar-refractivity contribution < 1.29 is 28.6 Å². The molecule has 0 spiro atoms. The van der Waals surface area contributed by atoms with Gasteiger partial charge in [0.1, 0.15) is 18.1 Å². The van der Waals surface area contributed by atoms with E-state index in [0.29, 0.717) is 0 Å². The minimum Gasteiger partial charge on any atom is -0.460 e. The summed E-state index contributed by atoms with van der Waals surface area (Å²) in [4.78, 5) is 36.8. The monoisotopic (exact) mass is 390 g/mol. The molecule has 29 heavy (non-hydrogen) atoms. The second-order valence-corrected chi connectivity index (χ2v) is 7.35. The molecule has 146 valence electrons. The maximum absolute atomic E-state index is 12.8. The third kappa shape index (κ3) is 2.29. The van der Waals surface area contributed by atoms with Crippen molar-refractivity contribution in [1.29, 1.82) is 0 Å². The van der Waals surface area contributed by atoms with Gasteiger partial charge < -0.3 is 14.2 Å². The largest absolute Gasteiger partial charge is 0.460 e. The molecular weight excluding hydrogens is 372 g/mol. The van der Waals surface area contributed by atoms with E-state index in [9.17, 15) is 14.4 Å². The highest BCUT2D eigenvalue weighted by Gasteiger charge is 2.68. The van der Waals surface area contributed by atoms with Gasteiger partial charge in [-0.1, -0.05) is 55.1 Å². The molecule has 1 aliphatic heterocycles. The van der Waals surface area contributed by atoms with Crippen LogP contribution in [0, 0.1) is 11.8 Å². The molecule has 0 saturated carbocycles. The summed E-state index contributed by atoms with van der Waals surface area (Å²) in [6, 6.07) is 15.4. The van der Waals surface area contributed by atoms with Gasteiger partial charge in [0.2, 0.25) is 0 Å². The summed E-state index contributed by atoms with van der Waals surface area (Å²) in [5.41, 5.74) is 2.46. The van der Waals surface area contributed by atoms with Crippen LogP contribution in [-0.2, 0) is 34.2 Å². The second-order valence-electron chi connectivity index (χ2n) is 7.35. The number of esters is 3. The van der Waals surface area contributed by atoms with Gasteiger partial charge in [0, 0.05) is 12.0 Å². The Hall–Kier alpha value is -3.25. The summed E-state index contributed by atoms with van der Waals surface area (Å²) in [7, 11) is 0. The molecule has 1 saturated heterocycles. The van der Waals surface area contributed by atoms with Crippen LogP contribution in [0.2, 0.25) is 0 Å². The molecule has 0 N–H and O–H groups in total. The maximum Gasteiger partial charge on any atom is 0.330 e. The number of ether oxygens (including phenoxy) is 3. The summed E-state index contributed by atoms with van der Waals surface area (Å²) >= 11 is 0. The fourth-order valence-electron chi connectivity index (χ4n) is 5.16. The predicted molar refractivity (Wildman–Crippen MR) is 101 cm³/mol. The highest BCUT2D eigenvalue weighted by molar-refractivity contribution is 6.00. The molecule has 2 unspecified atom stereocenters. The van der Waals surface area contributed by atoms with Crippen molar-refractivity contribution in [3.8, 4) is 0 Å². The molecule has 6 nitrogen and oxygen atoms in total. The summed E-state index contributed by atoms with van der Waals surface area (Å²) in [6.45, 7) is 3.43. The zero-order valence-corrected chi connectivity index (χ0v) is 15.5. The Morgan fingerprint density at radius 1 is 1.00 bits per heavy atom. The minimum atomic E-state index is -1.17. The molecular formula is C23H18O6. The van der Waals surface area contributed by atoms with Crippen LogP contribution in [0.5, 0.6) is 0 Å². The lowest BCUT2D eigenvalue weighted by Crippen LogP contribution is -2.55. The van der Waals surface area contributed by atoms with E-state index in [-0.39, 0.29) is 19.1 Å². The van der Waals surface area contributed by atoms with E-state index in [1.807, 2.05) is 48.5 Å². The van der Waals surface area contributed by atoms with Gasteiger partial charge in [0.25, 0.3) is 0 Å². The van der Waals surface area contributed by atoms with E-state index in [4.69, 9.17) is 14.2 Å². The third-order valence-electron chi connectivity index (χ3n) is 6.10. The van der Waals surface area contributed by atoms with Crippen molar-refractivity contribution >= 4 is 17.9 Å². The van der Waals surface area contributed by atoms with Crippen LogP contribution >= 0.6 is 0 Å². The highest BCUT2D eigenvalue weighted by Crippen LogP contribution is 2.63. The first-order valence-electron chi connectivity index (χ1n) is 9.47. The first kappa shape index (κ1) is 17.8. The van der Waals surface area contributed by atoms with E-state index in [1.54, 1.807) is 0 Å². The van der Waals surface area contributed by atoms with Gasteiger partial charge >= 0.3 is 17.9 Å². The Kier molecular flexibility index (Phi) is 3.93. The zero-order valence-electron chi connectivity index (χ0n) is 15.5. The Morgan fingerprint density at radius 2 is 1.62 bits per heavy atom. The molecule has 0 amide bonds. The first-order valence-corrected chi connectivity index (χ1v) is 9.47. The smallest absolute Gasteiger partial charge is 0.330 e. The lowest BCUT2D eigenvalue weighted by Gasteiger charge is -2.52. The van der Waals surface area contributed by atoms with Crippen molar-refractivity contribution in [3.63, 3.8) is 0 Å². The van der Waals surface area contributed by atoms with E-state index in [0.717, 1.165) is 28.3 Å². The van der Waals surface area contributed by atoms with E-state index in [1.165, 1.54) is 0 Å². The van der Waals surface area contributed by atoms with Crippen molar-refractivity contribution in [2.45, 2.75) is 11.5 Å². The first-order chi connectivity index (χ1) is 14.1. The molecule has 1 fully saturated rings. The van der Waals surface area contributed by atoms with Gasteiger partial charge in [-0.15, -0.1) is 0 Å². The molecule has 4 aliphatic rings. The minimum absolute atomic E-state index is 0.000741. The fraction of sp³-hybridized carbons (Fsp3) is 0.261. The van der Waals surface area contributed by atoms with Crippen molar-refractivity contribution in [1.82, 2.24) is 0 Å². The van der Waals surface area contributed by atoms with Gasteiger partial charge in [-0.2, -0.15) is 0 Å². The third-order valence-corrected chi connectivity index (χ3v) is 6.10. The van der Waals surface area contributed by atoms with Gasteiger partial charge in [-0.05, 0) is 22.3 Å². The molecule has 2 aromatic rings. The SMILES string of the molecule is C=CC(=O)OCCOC12c3ccccc3C(c3ccccc31)C1C(=O)OC(=O)C12. The summed E-state index contributed by atoms with van der Waals surface area (Å²) in [6.07, 6.45) is 1.08. The molecule has 3 aliphatic carbocycles. The molecule has 2 atom stereocenters. The molecule has 0 aromatic heterocycles. The van der Waals surface area contributed by atoms with Crippen LogP contribution in [-0.4, -0.2) is 31.1 Å². The van der Waals surface area contributed by atoms with E-state index in [2.05, 4.69) is 6.58 Å². The van der Waals surface area contributed by atoms with Gasteiger partial charge in [-0.3, -0.25) is 9.59 Å². The predicted octanol–water partition coefficient (Wildman–Crippen LogP) is 2.45. The van der Waals surface area contributed by atoms with Crippen LogP contribution < -0.4 is 0 Å². The number of carbonyl (C=O) groups excluding carboxylic acids is 3. The molecule has 6 heteroatoms. The number of hydrogen-bond acceptors (Lipinski definition) is 6. The fourth-order valence-corrected chi connectivity index (χ4v) is 5.16. The van der Waals surface area contributed by atoms with Crippen molar-refractivity contribution in [2.75, 3.05) is 13.2 Å². The standard InChI is InChI=1S/C23H18O6/c1-2-17(24)27-11-12-28-23-15-9-5-3-7-13(15)18(14-8-4-6-10-16(14)23)19-20(23)22(26)29-21(19)25/h2-10,18-20H,1,11-12H2.